The molecule has 1 fully saturated rings. The fraction of sp³-hybridized carbons (Fsp3) is 0.467. The fourth-order valence-corrected chi connectivity index (χ4v) is 3.74. The van der Waals surface area contributed by atoms with Crippen LogP contribution in [0.25, 0.3) is 0 Å². The zero-order valence-corrected chi connectivity index (χ0v) is 12.4. The number of rotatable bonds is 2. The van der Waals surface area contributed by atoms with E-state index in [2.05, 4.69) is 42.7 Å². The van der Waals surface area contributed by atoms with E-state index >= 15 is 0 Å². The van der Waals surface area contributed by atoms with Gasteiger partial charge in [0.2, 0.25) is 5.91 Å². The Kier molecular flexibility index (Phi) is 3.46. The summed E-state index contributed by atoms with van der Waals surface area (Å²) < 4.78 is 0. The molecule has 1 saturated heterocycles. The minimum atomic E-state index is -0.395. The Hall–Kier alpha value is -1.49. The van der Waals surface area contributed by atoms with Gasteiger partial charge in [0.05, 0.1) is 6.04 Å². The molecule has 2 N–H and O–H groups in total. The molecule has 1 aromatic carbocycles. The zero-order chi connectivity index (χ0) is 14.3. The molecule has 0 spiro atoms. The van der Waals surface area contributed by atoms with Crippen LogP contribution >= 0.6 is 11.8 Å². The molecular formula is C15H18N2O2S. The van der Waals surface area contributed by atoms with Crippen molar-refractivity contribution in [2.45, 2.75) is 32.4 Å². The van der Waals surface area contributed by atoms with Gasteiger partial charge < -0.3 is 10.6 Å². The average Bonchev–Trinajstić information content (AvgIpc) is 2.95. The molecular weight excluding hydrogens is 272 g/mol. The molecule has 5 heteroatoms. The Labute approximate surface area is 122 Å². The highest BCUT2D eigenvalue weighted by Gasteiger charge is 2.34. The maximum Gasteiger partial charge on any atom is 0.279 e. The van der Waals surface area contributed by atoms with Gasteiger partial charge in [0.15, 0.2) is 0 Å². The fourth-order valence-electron chi connectivity index (χ4n) is 2.96. The summed E-state index contributed by atoms with van der Waals surface area (Å²) in [6, 6.07) is 6.09. The summed E-state index contributed by atoms with van der Waals surface area (Å²) in [7, 11) is 0. The number of hydrogen-bond acceptors (Lipinski definition) is 3. The van der Waals surface area contributed by atoms with Crippen LogP contribution in [-0.2, 0) is 11.2 Å². The van der Waals surface area contributed by atoms with Crippen LogP contribution in [0.1, 0.15) is 29.7 Å². The van der Waals surface area contributed by atoms with Crippen molar-refractivity contribution in [2.75, 3.05) is 5.75 Å². The molecule has 3 atom stereocenters. The Morgan fingerprint density at radius 2 is 2.25 bits per heavy atom. The molecule has 0 unspecified atom stereocenters. The third-order valence-electron chi connectivity index (χ3n) is 4.03. The Morgan fingerprint density at radius 3 is 2.95 bits per heavy atom. The molecule has 0 saturated carbocycles. The molecule has 1 aliphatic heterocycles. The summed E-state index contributed by atoms with van der Waals surface area (Å²) in [5.74, 6) is 0.835. The molecule has 1 aromatic rings. The lowest BCUT2D eigenvalue weighted by Gasteiger charge is -2.21. The molecule has 0 aromatic heterocycles. The summed E-state index contributed by atoms with van der Waals surface area (Å²) in [6.07, 6.45) is 0.992. The molecule has 106 valence electrons. The van der Waals surface area contributed by atoms with E-state index in [1.807, 2.05) is 0 Å². The molecule has 20 heavy (non-hydrogen) atoms. The number of fused-ring (bicyclic) bond motifs is 1. The normalized spacial score (nSPS) is 28.1. The van der Waals surface area contributed by atoms with Gasteiger partial charge in [-0.2, -0.15) is 0 Å². The van der Waals surface area contributed by atoms with Gasteiger partial charge in [-0.1, -0.05) is 42.4 Å². The van der Waals surface area contributed by atoms with Crippen molar-refractivity contribution in [3.63, 3.8) is 0 Å². The summed E-state index contributed by atoms with van der Waals surface area (Å²) in [5.41, 5.74) is 3.75. The maximum absolute atomic E-state index is 12.2. The van der Waals surface area contributed by atoms with E-state index in [0.717, 1.165) is 6.42 Å². The number of hydrogen-bond donors (Lipinski definition) is 2. The zero-order valence-electron chi connectivity index (χ0n) is 11.6. The molecule has 0 radical (unpaired) electrons. The van der Waals surface area contributed by atoms with Gasteiger partial charge in [-0.05, 0) is 30.4 Å². The largest absolute Gasteiger partial charge is 0.347 e. The highest BCUT2D eigenvalue weighted by atomic mass is 32.2. The monoisotopic (exact) mass is 290 g/mol. The number of thioether (sulfide) groups is 1. The molecule has 1 aliphatic carbocycles. The van der Waals surface area contributed by atoms with Crippen molar-refractivity contribution in [3.8, 4) is 0 Å². The van der Waals surface area contributed by atoms with Crippen LogP contribution in [0.2, 0.25) is 0 Å². The SMILES string of the molecule is Cc1ccc2c(c1)[C@H](NC(=O)[C@H]1CSC(=O)N1)[C@@H](C)C2. The Bertz CT molecular complexity index is 573. The molecule has 2 amide bonds. The highest BCUT2D eigenvalue weighted by Crippen LogP contribution is 2.36. The lowest BCUT2D eigenvalue weighted by atomic mass is 10.0. The van der Waals surface area contributed by atoms with Gasteiger partial charge in [-0.3, -0.25) is 9.59 Å². The minimum Gasteiger partial charge on any atom is -0.347 e. The number of carbonyl (C=O) groups is 2. The van der Waals surface area contributed by atoms with Crippen LogP contribution in [0.5, 0.6) is 0 Å². The number of benzene rings is 1. The van der Waals surface area contributed by atoms with E-state index in [4.69, 9.17) is 0 Å². The van der Waals surface area contributed by atoms with Crippen molar-refractivity contribution in [1.29, 1.82) is 0 Å². The molecule has 2 aliphatic rings. The number of carbonyl (C=O) groups excluding carboxylic acids is 2. The minimum absolute atomic E-state index is 0.0555. The summed E-state index contributed by atoms with van der Waals surface area (Å²) in [4.78, 5) is 23.4. The van der Waals surface area contributed by atoms with Crippen molar-refractivity contribution >= 4 is 22.9 Å². The number of nitrogens with one attached hydrogen (secondary N) is 2. The van der Waals surface area contributed by atoms with E-state index < -0.39 is 6.04 Å². The second-order valence-corrected chi connectivity index (χ2v) is 6.66. The molecule has 1 heterocycles. The van der Waals surface area contributed by atoms with E-state index in [0.29, 0.717) is 11.7 Å². The highest BCUT2D eigenvalue weighted by molar-refractivity contribution is 8.14. The van der Waals surface area contributed by atoms with Gasteiger partial charge in [0, 0.05) is 5.75 Å². The second kappa shape index (κ2) is 5.13. The summed E-state index contributed by atoms with van der Waals surface area (Å²) >= 11 is 1.17. The first kappa shape index (κ1) is 13.5. The molecule has 3 rings (SSSR count). The average molecular weight is 290 g/mol. The van der Waals surface area contributed by atoms with Crippen LogP contribution < -0.4 is 10.6 Å². The van der Waals surface area contributed by atoms with E-state index in [1.54, 1.807) is 0 Å². The van der Waals surface area contributed by atoms with Crippen molar-refractivity contribution < 1.29 is 9.59 Å². The van der Waals surface area contributed by atoms with Crippen molar-refractivity contribution in [3.05, 3.63) is 34.9 Å². The summed E-state index contributed by atoms with van der Waals surface area (Å²) in [6.45, 7) is 4.22. The quantitative estimate of drug-likeness (QED) is 0.877. The predicted octanol–water partition coefficient (Wildman–Crippen LogP) is 2.17. The van der Waals surface area contributed by atoms with Crippen LogP contribution in [-0.4, -0.2) is 22.9 Å². The lowest BCUT2D eigenvalue weighted by Crippen LogP contribution is -2.44. The third-order valence-corrected chi connectivity index (χ3v) is 4.91. The van der Waals surface area contributed by atoms with E-state index in [1.165, 1.54) is 28.5 Å². The first-order valence-electron chi connectivity index (χ1n) is 6.87. The summed E-state index contributed by atoms with van der Waals surface area (Å²) in [5, 5.41) is 5.69. The van der Waals surface area contributed by atoms with Crippen LogP contribution in [0.3, 0.4) is 0 Å². The van der Waals surface area contributed by atoms with Crippen LogP contribution in [0.15, 0.2) is 18.2 Å². The molecule has 4 nitrogen and oxygen atoms in total. The lowest BCUT2D eigenvalue weighted by molar-refractivity contribution is -0.123. The first-order valence-corrected chi connectivity index (χ1v) is 7.86. The van der Waals surface area contributed by atoms with E-state index in [-0.39, 0.29) is 17.2 Å². The second-order valence-electron chi connectivity index (χ2n) is 5.67. The Balaban J connectivity index is 1.76. The smallest absolute Gasteiger partial charge is 0.279 e. The maximum atomic E-state index is 12.2. The molecule has 0 bridgehead atoms. The number of amides is 2. The van der Waals surface area contributed by atoms with Gasteiger partial charge in [-0.15, -0.1) is 0 Å². The van der Waals surface area contributed by atoms with Gasteiger partial charge in [0.25, 0.3) is 5.24 Å². The van der Waals surface area contributed by atoms with Gasteiger partial charge in [0.1, 0.15) is 6.04 Å². The van der Waals surface area contributed by atoms with Crippen LogP contribution in [0, 0.1) is 12.8 Å². The van der Waals surface area contributed by atoms with Crippen LogP contribution in [0.4, 0.5) is 4.79 Å². The topological polar surface area (TPSA) is 58.2 Å². The van der Waals surface area contributed by atoms with Gasteiger partial charge >= 0.3 is 0 Å². The standard InChI is InChI=1S/C15H18N2O2S/c1-8-3-4-10-6-9(2)13(11(10)5-8)17-14(18)12-7-20-15(19)16-12/h3-5,9,12-13H,6-7H2,1-2H3,(H,16,19)(H,17,18)/t9-,12+,13+/m0/s1. The third kappa shape index (κ3) is 2.42. The predicted molar refractivity (Wildman–Crippen MR) is 79.7 cm³/mol. The first-order chi connectivity index (χ1) is 9.54. The van der Waals surface area contributed by atoms with Crippen molar-refractivity contribution in [2.24, 2.45) is 5.92 Å². The van der Waals surface area contributed by atoms with Gasteiger partial charge in [-0.25, -0.2) is 0 Å². The Morgan fingerprint density at radius 1 is 1.45 bits per heavy atom. The van der Waals surface area contributed by atoms with E-state index in [9.17, 15) is 9.59 Å². The van der Waals surface area contributed by atoms with Crippen molar-refractivity contribution in [1.82, 2.24) is 10.6 Å². The number of aryl methyl sites for hydroxylation is 1.